The smallest absolute Gasteiger partial charge is 0.201 e. The molecule has 0 aliphatic rings. The second-order valence-electron chi connectivity index (χ2n) is 3.10. The lowest BCUT2D eigenvalue weighted by Gasteiger charge is -2.05. The van der Waals surface area contributed by atoms with Crippen molar-refractivity contribution >= 4 is 33.5 Å². The van der Waals surface area contributed by atoms with Crippen molar-refractivity contribution in [3.05, 3.63) is 32.9 Å². The Morgan fingerprint density at radius 3 is 2.62 bits per heavy atom. The number of hydrogen-bond donors (Lipinski definition) is 2. The molecule has 0 saturated carbocycles. The summed E-state index contributed by atoms with van der Waals surface area (Å²) in [5.41, 5.74) is 0.397. The average Bonchev–Trinajstić information content (AvgIpc) is 2.23. The van der Waals surface area contributed by atoms with Gasteiger partial charge in [0.15, 0.2) is 0 Å². The van der Waals surface area contributed by atoms with E-state index < -0.39 is 22.5 Å². The van der Waals surface area contributed by atoms with Crippen LogP contribution in [0.25, 0.3) is 0 Å². The highest BCUT2D eigenvalue weighted by molar-refractivity contribution is 14.1. The zero-order chi connectivity index (χ0) is 12.1. The van der Waals surface area contributed by atoms with Crippen LogP contribution in [0.5, 0.6) is 0 Å². The van der Waals surface area contributed by atoms with Crippen LogP contribution in [0.2, 0.25) is 0 Å². The molecule has 0 atom stereocenters. The van der Waals surface area contributed by atoms with E-state index in [1.54, 1.807) is 22.6 Å². The van der Waals surface area contributed by atoms with Crippen LogP contribution in [0.15, 0.2) is 12.1 Å². The van der Waals surface area contributed by atoms with Gasteiger partial charge in [0.05, 0.1) is 3.57 Å². The molecular formula is C9H10F2INO2S. The molecule has 1 aromatic carbocycles. The molecule has 0 heterocycles. The van der Waals surface area contributed by atoms with E-state index in [-0.39, 0.29) is 10.1 Å². The van der Waals surface area contributed by atoms with Crippen LogP contribution in [0.1, 0.15) is 12.0 Å². The van der Waals surface area contributed by atoms with Gasteiger partial charge in [-0.15, -0.1) is 0 Å². The predicted molar refractivity (Wildman–Crippen MR) is 65.7 cm³/mol. The van der Waals surface area contributed by atoms with Gasteiger partial charge in [0.1, 0.15) is 11.6 Å². The Hall–Kier alpha value is -0.280. The Bertz CT molecular complexity index is 443. The predicted octanol–water partition coefficient (Wildman–Crippen LogP) is 1.62. The Labute approximate surface area is 107 Å². The lowest BCUT2D eigenvalue weighted by Crippen LogP contribution is -2.13. The third-order valence-electron chi connectivity index (χ3n) is 1.98. The van der Waals surface area contributed by atoms with Gasteiger partial charge >= 0.3 is 0 Å². The summed E-state index contributed by atoms with van der Waals surface area (Å²) in [6, 6.07) is 2.59. The van der Waals surface area contributed by atoms with E-state index in [1.165, 1.54) is 12.1 Å². The van der Waals surface area contributed by atoms with Gasteiger partial charge in [-0.05, 0) is 47.1 Å². The Kier molecular flexibility index (Phi) is 5.56. The molecule has 0 fully saturated rings. The first-order valence-electron chi connectivity index (χ1n) is 4.52. The second kappa shape index (κ2) is 6.45. The minimum absolute atomic E-state index is 0.0297. The minimum atomic E-state index is -2.61. The van der Waals surface area contributed by atoms with Crippen LogP contribution in [-0.2, 0) is 17.3 Å². The highest BCUT2D eigenvalue weighted by atomic mass is 127. The molecule has 0 unspecified atom stereocenters. The first kappa shape index (κ1) is 13.8. The summed E-state index contributed by atoms with van der Waals surface area (Å²) in [6.07, 6.45) is 0.847. The zero-order valence-electron chi connectivity index (χ0n) is 8.17. The van der Waals surface area contributed by atoms with E-state index >= 15 is 0 Å². The maximum atomic E-state index is 13.5. The standard InChI is InChI=1S/C9H10F2INO2S/c10-7-4-3-6(8(11)9(7)12)2-1-5-13-16(14)15/h3-4,16H,1-2,5H2,(H,13,14,15). The van der Waals surface area contributed by atoms with Crippen molar-refractivity contribution in [3.8, 4) is 0 Å². The first-order chi connectivity index (χ1) is 7.52. The maximum absolute atomic E-state index is 13.5. The van der Waals surface area contributed by atoms with E-state index in [0.717, 1.165) is 0 Å². The molecule has 1 aromatic rings. The van der Waals surface area contributed by atoms with Crippen molar-refractivity contribution in [1.29, 1.82) is 0 Å². The van der Waals surface area contributed by atoms with E-state index in [1.807, 2.05) is 0 Å². The van der Waals surface area contributed by atoms with Crippen LogP contribution in [0.3, 0.4) is 0 Å². The maximum Gasteiger partial charge on any atom is 0.201 e. The summed E-state index contributed by atoms with van der Waals surface area (Å²) >= 11 is 1.60. The van der Waals surface area contributed by atoms with Crippen molar-refractivity contribution in [2.45, 2.75) is 12.8 Å². The van der Waals surface area contributed by atoms with Crippen LogP contribution < -0.4 is 4.72 Å². The Morgan fingerprint density at radius 1 is 1.31 bits per heavy atom. The number of hydrogen-bond acceptors (Lipinski definition) is 2. The molecule has 0 aliphatic carbocycles. The lowest BCUT2D eigenvalue weighted by molar-refractivity contribution is 0.556. The van der Waals surface area contributed by atoms with Gasteiger partial charge in [-0.2, -0.15) is 0 Å². The fourth-order valence-corrected chi connectivity index (χ4v) is 2.08. The Balaban J connectivity index is 2.58. The van der Waals surface area contributed by atoms with Crippen LogP contribution in [-0.4, -0.2) is 15.0 Å². The summed E-state index contributed by atoms with van der Waals surface area (Å²) in [4.78, 5) is 0. The third-order valence-corrected chi connectivity index (χ3v) is 3.45. The summed E-state index contributed by atoms with van der Waals surface area (Å²) in [6.45, 7) is 0.256. The summed E-state index contributed by atoms with van der Waals surface area (Å²) in [7, 11) is -2.61. The van der Waals surface area contributed by atoms with Crippen molar-refractivity contribution < 1.29 is 17.2 Å². The van der Waals surface area contributed by atoms with Crippen molar-refractivity contribution in [1.82, 2.24) is 4.72 Å². The molecule has 1 N–H and O–H groups in total. The van der Waals surface area contributed by atoms with Gasteiger partial charge in [-0.3, -0.25) is 0 Å². The zero-order valence-corrected chi connectivity index (χ0v) is 11.2. The van der Waals surface area contributed by atoms with Gasteiger partial charge in [-0.25, -0.2) is 21.9 Å². The van der Waals surface area contributed by atoms with E-state index in [2.05, 4.69) is 4.72 Å². The van der Waals surface area contributed by atoms with Gasteiger partial charge in [-0.1, -0.05) is 6.07 Å². The number of rotatable bonds is 5. The summed E-state index contributed by atoms with van der Waals surface area (Å²) < 4.78 is 48.9. The van der Waals surface area contributed by atoms with Gasteiger partial charge in [0.25, 0.3) is 0 Å². The normalized spacial score (nSPS) is 11.0. The second-order valence-corrected chi connectivity index (χ2v) is 5.01. The average molecular weight is 361 g/mol. The van der Waals surface area contributed by atoms with E-state index in [9.17, 15) is 17.2 Å². The highest BCUT2D eigenvalue weighted by Crippen LogP contribution is 2.19. The molecule has 0 saturated heterocycles. The molecule has 0 bridgehead atoms. The molecule has 0 radical (unpaired) electrons. The molecule has 90 valence electrons. The van der Waals surface area contributed by atoms with Crippen molar-refractivity contribution in [3.63, 3.8) is 0 Å². The van der Waals surface area contributed by atoms with Crippen molar-refractivity contribution in [2.75, 3.05) is 6.54 Å². The van der Waals surface area contributed by atoms with Gasteiger partial charge in [0.2, 0.25) is 10.9 Å². The SMILES string of the molecule is O=[SH](=O)NCCCc1ccc(F)c(I)c1F. The molecule has 0 amide bonds. The molecule has 0 spiro atoms. The van der Waals surface area contributed by atoms with E-state index in [0.29, 0.717) is 18.4 Å². The Morgan fingerprint density at radius 2 is 2.00 bits per heavy atom. The lowest BCUT2D eigenvalue weighted by atomic mass is 10.1. The number of nitrogens with one attached hydrogen (secondary N) is 1. The number of aryl methyl sites for hydroxylation is 1. The third kappa shape index (κ3) is 3.95. The van der Waals surface area contributed by atoms with E-state index in [4.69, 9.17) is 0 Å². The molecule has 0 aromatic heterocycles. The molecule has 0 aliphatic heterocycles. The molecule has 7 heteroatoms. The van der Waals surface area contributed by atoms with Crippen LogP contribution in [0, 0.1) is 15.2 Å². The van der Waals surface area contributed by atoms with Crippen LogP contribution >= 0.6 is 22.6 Å². The monoisotopic (exact) mass is 361 g/mol. The molecule has 3 nitrogen and oxygen atoms in total. The van der Waals surface area contributed by atoms with Crippen LogP contribution in [0.4, 0.5) is 8.78 Å². The highest BCUT2D eigenvalue weighted by Gasteiger charge is 2.10. The largest absolute Gasteiger partial charge is 0.218 e. The molecular weight excluding hydrogens is 351 g/mol. The minimum Gasteiger partial charge on any atom is -0.218 e. The summed E-state index contributed by atoms with van der Waals surface area (Å²) in [5.74, 6) is -1.14. The molecule has 1 rings (SSSR count). The number of benzene rings is 1. The van der Waals surface area contributed by atoms with Gasteiger partial charge < -0.3 is 0 Å². The first-order valence-corrected chi connectivity index (χ1v) is 6.78. The topological polar surface area (TPSA) is 46.2 Å². The van der Waals surface area contributed by atoms with Crippen molar-refractivity contribution in [2.24, 2.45) is 0 Å². The summed E-state index contributed by atoms with van der Waals surface area (Å²) in [5, 5.41) is 0. The fourth-order valence-electron chi connectivity index (χ4n) is 1.21. The quantitative estimate of drug-likeness (QED) is 0.362. The number of thiol groups is 1. The molecule has 16 heavy (non-hydrogen) atoms. The number of halogens is 3. The van der Waals surface area contributed by atoms with Gasteiger partial charge in [0, 0.05) is 6.54 Å². The fraction of sp³-hybridized carbons (Fsp3) is 0.333.